The molecule has 1 spiro atoms. The third-order valence-corrected chi connectivity index (χ3v) is 6.48. The fraction of sp³-hybridized carbons (Fsp3) is 0.708. The van der Waals surface area contributed by atoms with Gasteiger partial charge in [-0.2, -0.15) is 0 Å². The van der Waals surface area contributed by atoms with Crippen molar-refractivity contribution in [2.24, 2.45) is 0 Å². The molecule has 1 amide bonds. The van der Waals surface area contributed by atoms with Gasteiger partial charge >= 0.3 is 0 Å². The molecule has 158 valence electrons. The Morgan fingerprint density at radius 3 is 2.36 bits per heavy atom. The van der Waals surface area contributed by atoms with Crippen molar-refractivity contribution in [2.45, 2.75) is 83.9 Å². The van der Waals surface area contributed by atoms with E-state index in [1.165, 1.54) is 12.8 Å². The maximum Gasteiger partial charge on any atom is 0.227 e. The van der Waals surface area contributed by atoms with E-state index in [2.05, 4.69) is 18.7 Å². The van der Waals surface area contributed by atoms with Gasteiger partial charge in [-0.15, -0.1) is 0 Å². The highest BCUT2D eigenvalue weighted by molar-refractivity contribution is 5.78. The molecule has 3 rings (SSSR count). The van der Waals surface area contributed by atoms with E-state index in [0.717, 1.165) is 44.5 Å². The molecule has 0 aromatic heterocycles. The molecule has 1 aliphatic carbocycles. The Balaban J connectivity index is 0.00000136. The standard InChI is InChI=1S/C22H34N2O2.C2H6/c1-4-24(5-2)20-17-22(13-9-15-26-22)14-12-19(20)23(3)21(25)16-18-10-7-6-8-11-18;1-2/h6-8,10-11,19-20H,4-5,9,12-17H2,1-3H3;1-2H3/t19-,20-,22-;/m0./s1. The zero-order chi connectivity index (χ0) is 20.6. The second-order valence-electron chi connectivity index (χ2n) is 7.90. The minimum Gasteiger partial charge on any atom is -0.375 e. The quantitative estimate of drug-likeness (QED) is 0.718. The lowest BCUT2D eigenvalue weighted by molar-refractivity contribution is -0.137. The summed E-state index contributed by atoms with van der Waals surface area (Å²) in [6.07, 6.45) is 6.02. The van der Waals surface area contributed by atoms with Crippen LogP contribution in [-0.4, -0.2) is 60.1 Å². The molecule has 4 heteroatoms. The van der Waals surface area contributed by atoms with E-state index >= 15 is 0 Å². The number of amides is 1. The summed E-state index contributed by atoms with van der Waals surface area (Å²) in [6, 6.07) is 10.7. The fourth-order valence-corrected chi connectivity index (χ4v) is 4.93. The van der Waals surface area contributed by atoms with E-state index < -0.39 is 0 Å². The molecule has 1 aromatic carbocycles. The maximum atomic E-state index is 12.9. The highest BCUT2D eigenvalue weighted by atomic mass is 16.5. The predicted molar refractivity (Wildman–Crippen MR) is 117 cm³/mol. The van der Waals surface area contributed by atoms with Gasteiger partial charge in [0.25, 0.3) is 0 Å². The Labute approximate surface area is 172 Å². The van der Waals surface area contributed by atoms with Crippen LogP contribution < -0.4 is 0 Å². The zero-order valence-electron chi connectivity index (χ0n) is 18.6. The van der Waals surface area contributed by atoms with Crippen LogP contribution in [0.3, 0.4) is 0 Å². The summed E-state index contributed by atoms with van der Waals surface area (Å²) >= 11 is 0. The molecular weight excluding hydrogens is 348 g/mol. The van der Waals surface area contributed by atoms with Gasteiger partial charge in [-0.05, 0) is 50.8 Å². The smallest absolute Gasteiger partial charge is 0.227 e. The molecular formula is C24H40N2O2. The number of rotatable bonds is 6. The van der Waals surface area contributed by atoms with Gasteiger partial charge in [0.2, 0.25) is 5.91 Å². The maximum absolute atomic E-state index is 12.9. The minimum absolute atomic E-state index is 0.0626. The van der Waals surface area contributed by atoms with Crippen LogP contribution in [0, 0.1) is 0 Å². The molecule has 0 radical (unpaired) electrons. The van der Waals surface area contributed by atoms with Gasteiger partial charge in [0.1, 0.15) is 0 Å². The van der Waals surface area contributed by atoms with Crippen LogP contribution in [0.5, 0.6) is 0 Å². The molecule has 28 heavy (non-hydrogen) atoms. The van der Waals surface area contributed by atoms with Crippen molar-refractivity contribution < 1.29 is 9.53 Å². The van der Waals surface area contributed by atoms with Crippen molar-refractivity contribution in [3.63, 3.8) is 0 Å². The van der Waals surface area contributed by atoms with Gasteiger partial charge in [-0.25, -0.2) is 0 Å². The van der Waals surface area contributed by atoms with E-state index in [-0.39, 0.29) is 17.6 Å². The molecule has 1 aliphatic heterocycles. The molecule has 0 N–H and O–H groups in total. The number of likely N-dealkylation sites (N-methyl/N-ethyl adjacent to an activating group) is 2. The van der Waals surface area contributed by atoms with Crippen molar-refractivity contribution >= 4 is 5.91 Å². The Bertz CT molecular complexity index is 580. The second-order valence-corrected chi connectivity index (χ2v) is 7.90. The Hall–Kier alpha value is -1.39. The molecule has 2 fully saturated rings. The summed E-state index contributed by atoms with van der Waals surface area (Å²) in [6.45, 7) is 11.4. The van der Waals surface area contributed by atoms with Crippen molar-refractivity contribution in [3.8, 4) is 0 Å². The van der Waals surface area contributed by atoms with Crippen molar-refractivity contribution in [1.29, 1.82) is 0 Å². The van der Waals surface area contributed by atoms with Crippen LogP contribution in [0.25, 0.3) is 0 Å². The van der Waals surface area contributed by atoms with E-state index in [0.29, 0.717) is 12.5 Å². The van der Waals surface area contributed by atoms with Crippen LogP contribution in [0.15, 0.2) is 30.3 Å². The number of ether oxygens (including phenoxy) is 1. The number of nitrogens with zero attached hydrogens (tertiary/aromatic N) is 2. The first kappa shape index (κ1) is 22.9. The van der Waals surface area contributed by atoms with Gasteiger partial charge in [0, 0.05) is 25.7 Å². The SMILES string of the molecule is CC.CCN(CC)[C@H]1C[C@]2(CCCO2)CC[C@@H]1N(C)C(=O)Cc1ccccc1. The lowest BCUT2D eigenvalue weighted by Crippen LogP contribution is -2.58. The van der Waals surface area contributed by atoms with Gasteiger partial charge < -0.3 is 9.64 Å². The third kappa shape index (κ3) is 5.36. The average molecular weight is 389 g/mol. The van der Waals surface area contributed by atoms with Crippen LogP contribution in [0.4, 0.5) is 0 Å². The van der Waals surface area contributed by atoms with Gasteiger partial charge in [0.05, 0.1) is 12.0 Å². The molecule has 0 unspecified atom stereocenters. The normalized spacial score (nSPS) is 26.8. The van der Waals surface area contributed by atoms with E-state index in [1.54, 1.807) is 0 Å². The van der Waals surface area contributed by atoms with Crippen molar-refractivity contribution in [2.75, 3.05) is 26.7 Å². The Morgan fingerprint density at radius 1 is 1.11 bits per heavy atom. The van der Waals surface area contributed by atoms with Crippen LogP contribution in [0.2, 0.25) is 0 Å². The van der Waals surface area contributed by atoms with Crippen molar-refractivity contribution in [1.82, 2.24) is 9.80 Å². The summed E-state index contributed by atoms with van der Waals surface area (Å²) in [5, 5.41) is 0. The minimum atomic E-state index is 0.0626. The zero-order valence-corrected chi connectivity index (χ0v) is 18.6. The molecule has 3 atom stereocenters. The number of carbonyl (C=O) groups excluding carboxylic acids is 1. The van der Waals surface area contributed by atoms with Crippen LogP contribution >= 0.6 is 0 Å². The van der Waals surface area contributed by atoms with Crippen molar-refractivity contribution in [3.05, 3.63) is 35.9 Å². The Morgan fingerprint density at radius 2 is 1.79 bits per heavy atom. The first-order chi connectivity index (χ1) is 13.6. The molecule has 2 aliphatic rings. The van der Waals surface area contributed by atoms with E-state index in [1.807, 2.05) is 56.1 Å². The van der Waals surface area contributed by atoms with Gasteiger partial charge in [-0.3, -0.25) is 9.69 Å². The molecule has 1 saturated heterocycles. The number of hydrogen-bond acceptors (Lipinski definition) is 3. The summed E-state index contributed by atoms with van der Waals surface area (Å²) in [5.41, 5.74) is 1.16. The summed E-state index contributed by atoms with van der Waals surface area (Å²) < 4.78 is 6.20. The molecule has 4 nitrogen and oxygen atoms in total. The van der Waals surface area contributed by atoms with E-state index in [9.17, 15) is 4.79 Å². The average Bonchev–Trinajstić information content (AvgIpc) is 3.18. The number of carbonyl (C=O) groups is 1. The summed E-state index contributed by atoms with van der Waals surface area (Å²) in [7, 11) is 2.00. The molecule has 0 bridgehead atoms. The highest BCUT2D eigenvalue weighted by Crippen LogP contribution is 2.42. The van der Waals surface area contributed by atoms with E-state index in [4.69, 9.17) is 4.74 Å². The number of benzene rings is 1. The highest BCUT2D eigenvalue weighted by Gasteiger charge is 2.46. The largest absolute Gasteiger partial charge is 0.375 e. The van der Waals surface area contributed by atoms with Gasteiger partial charge in [0.15, 0.2) is 0 Å². The molecule has 1 aromatic rings. The topological polar surface area (TPSA) is 32.8 Å². The lowest BCUT2D eigenvalue weighted by atomic mass is 9.76. The summed E-state index contributed by atoms with van der Waals surface area (Å²) in [4.78, 5) is 17.5. The van der Waals surface area contributed by atoms with Gasteiger partial charge in [-0.1, -0.05) is 58.0 Å². The Kier molecular flexibility index (Phi) is 8.97. The monoisotopic (exact) mass is 388 g/mol. The van der Waals surface area contributed by atoms with Crippen LogP contribution in [-0.2, 0) is 16.0 Å². The fourth-order valence-electron chi connectivity index (χ4n) is 4.93. The molecule has 1 heterocycles. The second kappa shape index (κ2) is 11.0. The molecule has 1 saturated carbocycles. The first-order valence-electron chi connectivity index (χ1n) is 11.3. The lowest BCUT2D eigenvalue weighted by Gasteiger charge is -2.49. The summed E-state index contributed by atoms with van der Waals surface area (Å²) in [5.74, 6) is 0.224. The first-order valence-corrected chi connectivity index (χ1v) is 11.3. The third-order valence-electron chi connectivity index (χ3n) is 6.48. The number of hydrogen-bond donors (Lipinski definition) is 0. The predicted octanol–water partition coefficient (Wildman–Crippen LogP) is 4.53. The van der Waals surface area contributed by atoms with Crippen LogP contribution in [0.1, 0.15) is 65.4 Å².